The molecule has 1 N–H and O–H groups in total. The zero-order valence-electron chi connectivity index (χ0n) is 11.6. The molecule has 7 nitrogen and oxygen atoms in total. The van der Waals surface area contributed by atoms with Crippen molar-refractivity contribution < 1.29 is 9.90 Å². The van der Waals surface area contributed by atoms with Crippen molar-refractivity contribution in [3.8, 4) is 11.4 Å². The van der Waals surface area contributed by atoms with Gasteiger partial charge in [0.25, 0.3) is 0 Å². The number of aromatic nitrogens is 5. The first-order chi connectivity index (χ1) is 10.8. The molecule has 3 aromatic rings. The minimum absolute atomic E-state index is 0.300. The summed E-state index contributed by atoms with van der Waals surface area (Å²) in [5.41, 5.74) is 1.58. The van der Waals surface area contributed by atoms with Crippen LogP contribution in [0.5, 0.6) is 0 Å². The highest BCUT2D eigenvalue weighted by atomic mass is 16.4. The molecule has 0 spiro atoms. The standard InChI is InChI=1S/C15H13N5O2/c21-15(22)13(9-11-5-2-1-3-6-11)20-14(17-18-19-20)12-7-4-8-16-10-12/h1-8,10,13H,9H2,(H,21,22). The predicted molar refractivity (Wildman–Crippen MR) is 77.9 cm³/mol. The van der Waals surface area contributed by atoms with Crippen LogP contribution in [0.1, 0.15) is 11.6 Å². The van der Waals surface area contributed by atoms with Gasteiger partial charge < -0.3 is 5.11 Å². The Morgan fingerprint density at radius 2 is 2.00 bits per heavy atom. The minimum Gasteiger partial charge on any atom is -0.480 e. The highest BCUT2D eigenvalue weighted by molar-refractivity contribution is 5.73. The van der Waals surface area contributed by atoms with Crippen molar-refractivity contribution in [2.75, 3.05) is 0 Å². The molecule has 0 fully saturated rings. The Hall–Kier alpha value is -3.09. The first-order valence-corrected chi connectivity index (χ1v) is 6.70. The van der Waals surface area contributed by atoms with E-state index in [2.05, 4.69) is 20.5 Å². The molecule has 110 valence electrons. The normalized spacial score (nSPS) is 12.0. The quantitative estimate of drug-likeness (QED) is 0.768. The fourth-order valence-corrected chi connectivity index (χ4v) is 2.20. The van der Waals surface area contributed by atoms with E-state index in [1.165, 1.54) is 4.68 Å². The molecule has 2 aromatic heterocycles. The first-order valence-electron chi connectivity index (χ1n) is 6.70. The highest BCUT2D eigenvalue weighted by Gasteiger charge is 2.25. The van der Waals surface area contributed by atoms with E-state index in [1.807, 2.05) is 30.3 Å². The van der Waals surface area contributed by atoms with E-state index in [1.54, 1.807) is 24.5 Å². The Labute approximate surface area is 126 Å². The van der Waals surface area contributed by atoms with Gasteiger partial charge in [0, 0.05) is 24.4 Å². The number of pyridine rings is 1. The number of carboxylic acid groups (broad SMARTS) is 1. The SMILES string of the molecule is O=C(O)C(Cc1ccccc1)n1nnnc1-c1cccnc1. The van der Waals surface area contributed by atoms with Crippen LogP contribution >= 0.6 is 0 Å². The summed E-state index contributed by atoms with van der Waals surface area (Å²) >= 11 is 0. The van der Waals surface area contributed by atoms with Gasteiger partial charge in [0.2, 0.25) is 0 Å². The fraction of sp³-hybridized carbons (Fsp3) is 0.133. The molecule has 0 saturated carbocycles. The number of aliphatic carboxylic acids is 1. The van der Waals surface area contributed by atoms with Crippen LogP contribution in [0.25, 0.3) is 11.4 Å². The maximum absolute atomic E-state index is 11.7. The number of rotatable bonds is 5. The summed E-state index contributed by atoms with van der Waals surface area (Å²) in [7, 11) is 0. The van der Waals surface area contributed by atoms with E-state index in [9.17, 15) is 9.90 Å². The van der Waals surface area contributed by atoms with Gasteiger partial charge in [-0.1, -0.05) is 30.3 Å². The molecule has 0 radical (unpaired) electrons. The van der Waals surface area contributed by atoms with Crippen LogP contribution in [0.3, 0.4) is 0 Å². The van der Waals surface area contributed by atoms with Gasteiger partial charge in [-0.3, -0.25) is 4.98 Å². The van der Waals surface area contributed by atoms with Crippen LogP contribution < -0.4 is 0 Å². The summed E-state index contributed by atoms with van der Waals surface area (Å²) in [5, 5.41) is 20.9. The van der Waals surface area contributed by atoms with E-state index in [-0.39, 0.29) is 0 Å². The van der Waals surface area contributed by atoms with Crippen molar-refractivity contribution in [1.82, 2.24) is 25.2 Å². The molecule has 1 atom stereocenters. The number of nitrogens with zero attached hydrogens (tertiary/aromatic N) is 5. The van der Waals surface area contributed by atoms with Crippen molar-refractivity contribution in [3.05, 3.63) is 60.4 Å². The molecule has 7 heteroatoms. The van der Waals surface area contributed by atoms with E-state index in [0.29, 0.717) is 17.8 Å². The summed E-state index contributed by atoms with van der Waals surface area (Å²) in [6, 6.07) is 12.0. The Kier molecular flexibility index (Phi) is 3.86. The lowest BCUT2D eigenvalue weighted by Gasteiger charge is -2.14. The number of hydrogen-bond donors (Lipinski definition) is 1. The van der Waals surface area contributed by atoms with Gasteiger partial charge in [-0.25, -0.2) is 9.48 Å². The van der Waals surface area contributed by atoms with Crippen molar-refractivity contribution in [3.63, 3.8) is 0 Å². The molecule has 1 unspecified atom stereocenters. The van der Waals surface area contributed by atoms with Gasteiger partial charge in [-0.05, 0) is 28.1 Å². The van der Waals surface area contributed by atoms with Gasteiger partial charge >= 0.3 is 5.97 Å². The molecule has 2 heterocycles. The molecule has 0 amide bonds. The molecule has 3 rings (SSSR count). The van der Waals surface area contributed by atoms with Crippen LogP contribution in [-0.2, 0) is 11.2 Å². The van der Waals surface area contributed by atoms with Crippen LogP contribution in [0, 0.1) is 0 Å². The minimum atomic E-state index is -0.985. The Morgan fingerprint density at radius 3 is 2.68 bits per heavy atom. The molecule has 0 aliphatic rings. The number of benzene rings is 1. The number of hydrogen-bond acceptors (Lipinski definition) is 5. The molecule has 0 aliphatic heterocycles. The molecule has 0 saturated heterocycles. The smallest absolute Gasteiger partial charge is 0.329 e. The molecule has 22 heavy (non-hydrogen) atoms. The zero-order valence-corrected chi connectivity index (χ0v) is 11.6. The molecule has 0 aliphatic carbocycles. The number of carbonyl (C=O) groups is 1. The second kappa shape index (κ2) is 6.13. The summed E-state index contributed by atoms with van der Waals surface area (Å²) < 4.78 is 1.33. The molecule has 0 bridgehead atoms. The maximum atomic E-state index is 11.7. The summed E-state index contributed by atoms with van der Waals surface area (Å²) in [6.45, 7) is 0. The maximum Gasteiger partial charge on any atom is 0.329 e. The van der Waals surface area contributed by atoms with Crippen molar-refractivity contribution in [1.29, 1.82) is 0 Å². The van der Waals surface area contributed by atoms with Crippen LogP contribution in [0.4, 0.5) is 0 Å². The third-order valence-corrected chi connectivity index (χ3v) is 3.26. The van der Waals surface area contributed by atoms with Crippen LogP contribution in [0.15, 0.2) is 54.9 Å². The monoisotopic (exact) mass is 295 g/mol. The summed E-state index contributed by atoms with van der Waals surface area (Å²) in [4.78, 5) is 15.7. The second-order valence-corrected chi connectivity index (χ2v) is 4.73. The van der Waals surface area contributed by atoms with Crippen LogP contribution in [-0.4, -0.2) is 36.3 Å². The predicted octanol–water partition coefficient (Wildman–Crippen LogP) is 1.60. The summed E-state index contributed by atoms with van der Waals surface area (Å²) in [5.74, 6) is -0.599. The first kappa shape index (κ1) is 13.9. The third-order valence-electron chi connectivity index (χ3n) is 3.26. The Morgan fingerprint density at radius 1 is 1.18 bits per heavy atom. The van der Waals surface area contributed by atoms with E-state index < -0.39 is 12.0 Å². The lowest BCUT2D eigenvalue weighted by Crippen LogP contribution is -2.23. The third kappa shape index (κ3) is 2.83. The van der Waals surface area contributed by atoms with E-state index >= 15 is 0 Å². The van der Waals surface area contributed by atoms with Crippen LogP contribution in [0.2, 0.25) is 0 Å². The zero-order chi connectivity index (χ0) is 15.4. The van der Waals surface area contributed by atoms with Gasteiger partial charge in [0.05, 0.1) is 0 Å². The van der Waals surface area contributed by atoms with Crippen molar-refractivity contribution in [2.45, 2.75) is 12.5 Å². The summed E-state index contributed by atoms with van der Waals surface area (Å²) in [6.07, 6.45) is 3.54. The topological polar surface area (TPSA) is 93.8 Å². The Balaban J connectivity index is 1.97. The second-order valence-electron chi connectivity index (χ2n) is 4.73. The Bertz CT molecular complexity index is 758. The van der Waals surface area contributed by atoms with Gasteiger partial charge in [-0.15, -0.1) is 5.10 Å². The average Bonchev–Trinajstić information content (AvgIpc) is 3.03. The van der Waals surface area contributed by atoms with Crippen molar-refractivity contribution >= 4 is 5.97 Å². The number of tetrazole rings is 1. The van der Waals surface area contributed by atoms with Gasteiger partial charge in [0.15, 0.2) is 11.9 Å². The number of carboxylic acids is 1. The lowest BCUT2D eigenvalue weighted by molar-refractivity contribution is -0.141. The van der Waals surface area contributed by atoms with Crippen molar-refractivity contribution in [2.24, 2.45) is 0 Å². The largest absolute Gasteiger partial charge is 0.480 e. The molecular weight excluding hydrogens is 282 g/mol. The lowest BCUT2D eigenvalue weighted by atomic mass is 10.1. The van der Waals surface area contributed by atoms with Gasteiger partial charge in [-0.2, -0.15) is 0 Å². The molecule has 1 aromatic carbocycles. The highest BCUT2D eigenvalue weighted by Crippen LogP contribution is 2.21. The molecular formula is C15H13N5O2. The fourth-order valence-electron chi connectivity index (χ4n) is 2.20. The van der Waals surface area contributed by atoms with E-state index in [0.717, 1.165) is 5.56 Å². The van der Waals surface area contributed by atoms with E-state index in [4.69, 9.17) is 0 Å². The van der Waals surface area contributed by atoms with Gasteiger partial charge in [0.1, 0.15) is 0 Å². The average molecular weight is 295 g/mol.